The van der Waals surface area contributed by atoms with Gasteiger partial charge in [-0.15, -0.1) is 11.3 Å². The van der Waals surface area contributed by atoms with Crippen molar-refractivity contribution in [2.24, 2.45) is 5.92 Å². The Kier molecular flexibility index (Phi) is 4.09. The molecule has 0 atom stereocenters. The maximum atomic E-state index is 10.1. The molecular formula is C14H24N2OS. The van der Waals surface area contributed by atoms with Crippen molar-refractivity contribution in [3.8, 4) is 0 Å². The van der Waals surface area contributed by atoms with Crippen LogP contribution in [0.25, 0.3) is 0 Å². The predicted octanol–water partition coefficient (Wildman–Crippen LogP) is 2.91. The molecule has 4 heteroatoms. The van der Waals surface area contributed by atoms with Crippen molar-refractivity contribution in [2.45, 2.75) is 52.7 Å². The Morgan fingerprint density at radius 1 is 1.39 bits per heavy atom. The maximum Gasteiger partial charge on any atom is 0.107 e. The van der Waals surface area contributed by atoms with E-state index in [1.165, 1.54) is 25.9 Å². The first-order chi connectivity index (χ1) is 8.36. The Bertz CT molecular complexity index is 400. The molecule has 0 saturated carbocycles. The Morgan fingerprint density at radius 3 is 2.50 bits per heavy atom. The van der Waals surface area contributed by atoms with Crippen molar-refractivity contribution in [3.05, 3.63) is 15.6 Å². The maximum absolute atomic E-state index is 10.1. The van der Waals surface area contributed by atoms with Gasteiger partial charge in [-0.05, 0) is 52.6 Å². The van der Waals surface area contributed by atoms with Gasteiger partial charge < -0.3 is 5.11 Å². The number of likely N-dealkylation sites (tertiary alicyclic amines) is 1. The number of aryl methyl sites for hydroxylation is 1. The average molecular weight is 268 g/mol. The highest BCUT2D eigenvalue weighted by atomic mass is 32.1. The van der Waals surface area contributed by atoms with Crippen LogP contribution in [0, 0.1) is 12.8 Å². The average Bonchev–Trinajstić information content (AvgIpc) is 2.63. The molecule has 2 heterocycles. The van der Waals surface area contributed by atoms with Crippen molar-refractivity contribution in [1.29, 1.82) is 0 Å². The van der Waals surface area contributed by atoms with E-state index in [0.29, 0.717) is 0 Å². The first-order valence-electron chi connectivity index (χ1n) is 6.78. The summed E-state index contributed by atoms with van der Waals surface area (Å²) in [6.07, 6.45) is 2.59. The molecule has 0 aromatic carbocycles. The number of thiazole rings is 1. The quantitative estimate of drug-likeness (QED) is 0.915. The number of aromatic nitrogens is 1. The minimum absolute atomic E-state index is 0.767. The Labute approximate surface area is 114 Å². The van der Waals surface area contributed by atoms with Crippen LogP contribution >= 0.6 is 11.3 Å². The molecule has 1 fully saturated rings. The Hall–Kier alpha value is -0.450. The van der Waals surface area contributed by atoms with E-state index in [1.54, 1.807) is 11.3 Å². The van der Waals surface area contributed by atoms with Gasteiger partial charge in [-0.3, -0.25) is 4.90 Å². The largest absolute Gasteiger partial charge is 0.385 e. The van der Waals surface area contributed by atoms with Gasteiger partial charge in [-0.1, -0.05) is 6.92 Å². The van der Waals surface area contributed by atoms with Gasteiger partial charge in [-0.2, -0.15) is 0 Å². The van der Waals surface area contributed by atoms with Crippen molar-refractivity contribution < 1.29 is 5.11 Å². The van der Waals surface area contributed by atoms with E-state index in [9.17, 15) is 5.11 Å². The molecule has 0 aliphatic carbocycles. The van der Waals surface area contributed by atoms with E-state index in [-0.39, 0.29) is 0 Å². The number of aliphatic hydroxyl groups is 1. The number of hydrogen-bond donors (Lipinski definition) is 1. The molecule has 1 saturated heterocycles. The van der Waals surface area contributed by atoms with Crippen LogP contribution in [0.1, 0.15) is 49.2 Å². The second kappa shape index (κ2) is 5.27. The molecule has 1 aromatic heterocycles. The Morgan fingerprint density at radius 2 is 2.00 bits per heavy atom. The lowest BCUT2D eigenvalue weighted by Crippen LogP contribution is -2.32. The van der Waals surface area contributed by atoms with Crippen molar-refractivity contribution >= 4 is 11.3 Å². The first kappa shape index (κ1) is 14.0. The van der Waals surface area contributed by atoms with Crippen LogP contribution in [0.5, 0.6) is 0 Å². The van der Waals surface area contributed by atoms with E-state index in [0.717, 1.165) is 28.0 Å². The molecular weight excluding hydrogens is 244 g/mol. The summed E-state index contributed by atoms with van der Waals surface area (Å²) in [5, 5.41) is 11.2. The van der Waals surface area contributed by atoms with Crippen LogP contribution in [-0.2, 0) is 12.1 Å². The van der Waals surface area contributed by atoms with Gasteiger partial charge in [0.1, 0.15) is 5.01 Å². The monoisotopic (exact) mass is 268 g/mol. The van der Waals surface area contributed by atoms with E-state index in [4.69, 9.17) is 0 Å². The summed E-state index contributed by atoms with van der Waals surface area (Å²) < 4.78 is 0. The third-order valence-electron chi connectivity index (χ3n) is 3.63. The van der Waals surface area contributed by atoms with Crippen LogP contribution in [0.15, 0.2) is 0 Å². The minimum atomic E-state index is -0.767. The fourth-order valence-corrected chi connectivity index (χ4v) is 3.61. The van der Waals surface area contributed by atoms with E-state index < -0.39 is 5.60 Å². The summed E-state index contributed by atoms with van der Waals surface area (Å²) in [7, 11) is 0. The van der Waals surface area contributed by atoms with Crippen LogP contribution < -0.4 is 0 Å². The molecule has 1 aliphatic rings. The summed E-state index contributed by atoms with van der Waals surface area (Å²) in [5.74, 6) is 0.867. The molecule has 0 bridgehead atoms. The molecule has 3 nitrogen and oxygen atoms in total. The fourth-order valence-electron chi connectivity index (χ4n) is 2.50. The zero-order valence-electron chi connectivity index (χ0n) is 11.9. The topological polar surface area (TPSA) is 36.4 Å². The van der Waals surface area contributed by atoms with Crippen molar-refractivity contribution in [3.63, 3.8) is 0 Å². The number of nitrogens with zero attached hydrogens (tertiary/aromatic N) is 2. The highest BCUT2D eigenvalue weighted by molar-refractivity contribution is 7.11. The smallest absolute Gasteiger partial charge is 0.107 e. The predicted molar refractivity (Wildman–Crippen MR) is 75.8 cm³/mol. The van der Waals surface area contributed by atoms with E-state index >= 15 is 0 Å². The number of piperidine rings is 1. The lowest BCUT2D eigenvalue weighted by atomic mass is 9.99. The molecule has 0 amide bonds. The zero-order valence-corrected chi connectivity index (χ0v) is 12.7. The van der Waals surface area contributed by atoms with Crippen LogP contribution in [0.2, 0.25) is 0 Å². The van der Waals surface area contributed by atoms with E-state index in [2.05, 4.69) is 16.8 Å². The lowest BCUT2D eigenvalue weighted by molar-refractivity contribution is 0.0817. The molecule has 1 N–H and O–H groups in total. The van der Waals surface area contributed by atoms with Crippen molar-refractivity contribution in [1.82, 2.24) is 9.88 Å². The zero-order chi connectivity index (χ0) is 13.3. The van der Waals surface area contributed by atoms with Gasteiger partial charge in [0.05, 0.1) is 22.7 Å². The third kappa shape index (κ3) is 3.31. The standard InChI is InChI=1S/C14H24N2OS/c1-10-5-7-16(8-6-10)9-12-15-11(2)13(18-12)14(3,4)17/h10,17H,5-9H2,1-4H3. The normalized spacial score (nSPS) is 19.4. The summed E-state index contributed by atoms with van der Waals surface area (Å²) in [5.41, 5.74) is 0.212. The van der Waals surface area contributed by atoms with Gasteiger partial charge in [0.2, 0.25) is 0 Å². The van der Waals surface area contributed by atoms with Gasteiger partial charge in [0.15, 0.2) is 0 Å². The highest BCUT2D eigenvalue weighted by Gasteiger charge is 2.24. The summed E-state index contributed by atoms with van der Waals surface area (Å²) in [4.78, 5) is 8.09. The van der Waals surface area contributed by atoms with Crippen LogP contribution in [0.3, 0.4) is 0 Å². The highest BCUT2D eigenvalue weighted by Crippen LogP contribution is 2.30. The van der Waals surface area contributed by atoms with Gasteiger partial charge in [-0.25, -0.2) is 4.98 Å². The molecule has 1 aromatic rings. The van der Waals surface area contributed by atoms with Crippen LogP contribution in [0.4, 0.5) is 0 Å². The number of rotatable bonds is 3. The summed E-state index contributed by atoms with van der Waals surface area (Å²) in [6.45, 7) is 11.3. The number of hydrogen-bond acceptors (Lipinski definition) is 4. The summed E-state index contributed by atoms with van der Waals surface area (Å²) >= 11 is 1.66. The third-order valence-corrected chi connectivity index (χ3v) is 5.09. The van der Waals surface area contributed by atoms with Gasteiger partial charge in [0.25, 0.3) is 0 Å². The molecule has 1 aliphatic heterocycles. The molecule has 0 unspecified atom stereocenters. The SMILES string of the molecule is Cc1nc(CN2CCC(C)CC2)sc1C(C)(C)O. The Balaban J connectivity index is 2.02. The van der Waals surface area contributed by atoms with E-state index in [1.807, 2.05) is 20.8 Å². The van der Waals surface area contributed by atoms with Gasteiger partial charge >= 0.3 is 0 Å². The lowest BCUT2D eigenvalue weighted by Gasteiger charge is -2.29. The second-order valence-corrected chi connectivity index (χ2v) is 7.12. The van der Waals surface area contributed by atoms with Crippen LogP contribution in [-0.4, -0.2) is 28.1 Å². The summed E-state index contributed by atoms with van der Waals surface area (Å²) in [6, 6.07) is 0. The minimum Gasteiger partial charge on any atom is -0.385 e. The first-order valence-corrected chi connectivity index (χ1v) is 7.59. The molecule has 0 spiro atoms. The molecule has 18 heavy (non-hydrogen) atoms. The fraction of sp³-hybridized carbons (Fsp3) is 0.786. The van der Waals surface area contributed by atoms with Gasteiger partial charge in [0, 0.05) is 0 Å². The molecule has 2 rings (SSSR count). The molecule has 102 valence electrons. The molecule has 0 radical (unpaired) electrons. The second-order valence-electron chi connectivity index (χ2n) is 6.04. The van der Waals surface area contributed by atoms with Crippen molar-refractivity contribution in [2.75, 3.05) is 13.1 Å².